The zero-order chi connectivity index (χ0) is 12.6. The Labute approximate surface area is 94.2 Å². The van der Waals surface area contributed by atoms with Crippen molar-refractivity contribution in [3.05, 3.63) is 0 Å². The average molecular weight is 239 g/mol. The fraction of sp³-hybridized carbons (Fsp3) is 1.00. The highest BCUT2D eigenvalue weighted by molar-refractivity contribution is 4.65. The van der Waals surface area contributed by atoms with Gasteiger partial charge in [-0.1, -0.05) is 6.42 Å². The molecule has 6 N–H and O–H groups in total. The van der Waals surface area contributed by atoms with Crippen LogP contribution in [0.25, 0.3) is 0 Å². The lowest BCUT2D eigenvalue weighted by atomic mass is 10.0. The molecule has 0 radical (unpaired) electrons. The van der Waals surface area contributed by atoms with Crippen LogP contribution in [-0.4, -0.2) is 68.1 Å². The molecule has 0 aliphatic heterocycles. The maximum atomic E-state index is 8.84. The van der Waals surface area contributed by atoms with Crippen molar-refractivity contribution in [1.82, 2.24) is 4.90 Å². The van der Waals surface area contributed by atoms with E-state index in [1.807, 2.05) is 0 Å². The van der Waals surface area contributed by atoms with Crippen LogP contribution in [-0.2, 0) is 0 Å². The Morgan fingerprint density at radius 2 is 1.50 bits per heavy atom. The van der Waals surface area contributed by atoms with Crippen molar-refractivity contribution in [2.24, 2.45) is 5.92 Å². The first-order valence-electron chi connectivity index (χ1n) is 5.17. The Morgan fingerprint density at radius 3 is 1.88 bits per heavy atom. The van der Waals surface area contributed by atoms with Gasteiger partial charge in [-0.3, -0.25) is 4.90 Å². The molecule has 16 heavy (non-hydrogen) atoms. The molecule has 1 unspecified atom stereocenters. The number of hydrogen-bond donors (Lipinski definition) is 6. The third-order valence-electron chi connectivity index (χ3n) is 2.45. The Bertz CT molecular complexity index is 168. The molecule has 1 atom stereocenters. The summed E-state index contributed by atoms with van der Waals surface area (Å²) in [6, 6.07) is 0. The first-order valence-corrected chi connectivity index (χ1v) is 5.17. The van der Waals surface area contributed by atoms with Gasteiger partial charge in [-0.15, -0.1) is 0 Å². The van der Waals surface area contributed by atoms with Gasteiger partial charge in [-0.25, -0.2) is 0 Å². The quantitative estimate of drug-likeness (QED) is 0.196. The van der Waals surface area contributed by atoms with Crippen LogP contribution >= 0.6 is 0 Å². The van der Waals surface area contributed by atoms with E-state index >= 15 is 0 Å². The van der Waals surface area contributed by atoms with E-state index in [1.165, 1.54) is 4.90 Å². The molecule has 0 aliphatic carbocycles. The van der Waals surface area contributed by atoms with Crippen LogP contribution in [0.1, 0.15) is 19.3 Å². The molecule has 7 heteroatoms. The summed E-state index contributed by atoms with van der Waals surface area (Å²) >= 11 is 0. The van der Waals surface area contributed by atoms with Crippen molar-refractivity contribution < 1.29 is 30.6 Å². The van der Waals surface area contributed by atoms with E-state index in [0.29, 0.717) is 19.4 Å². The summed E-state index contributed by atoms with van der Waals surface area (Å²) in [6.45, 7) is -0.554. The molecular weight excluding hydrogens is 218 g/mol. The van der Waals surface area contributed by atoms with Crippen molar-refractivity contribution in [2.45, 2.75) is 25.2 Å². The van der Waals surface area contributed by atoms with Gasteiger partial charge in [0.15, 0.2) is 0 Å². The summed E-state index contributed by atoms with van der Waals surface area (Å²) < 4.78 is 0. The molecule has 7 nitrogen and oxygen atoms in total. The van der Waals surface area contributed by atoms with Crippen molar-refractivity contribution in [3.8, 4) is 0 Å². The minimum Gasteiger partial charge on any atom is -0.396 e. The van der Waals surface area contributed by atoms with Gasteiger partial charge in [-0.05, 0) is 12.8 Å². The highest BCUT2D eigenvalue weighted by Gasteiger charge is 2.30. The van der Waals surface area contributed by atoms with Gasteiger partial charge >= 0.3 is 0 Å². The maximum Gasteiger partial charge on any atom is 0.280 e. The zero-order valence-corrected chi connectivity index (χ0v) is 9.16. The second kappa shape index (κ2) is 7.91. The molecule has 0 aliphatic rings. The molecule has 0 aromatic carbocycles. The average Bonchev–Trinajstić information content (AvgIpc) is 2.22. The number of rotatable bonds is 9. The third-order valence-corrected chi connectivity index (χ3v) is 2.45. The van der Waals surface area contributed by atoms with Crippen LogP contribution in [0, 0.1) is 5.92 Å². The highest BCUT2D eigenvalue weighted by Crippen LogP contribution is 2.17. The Hall–Kier alpha value is -0.280. The summed E-state index contributed by atoms with van der Waals surface area (Å²) in [5, 5.41) is 52.7. The summed E-state index contributed by atoms with van der Waals surface area (Å²) in [6.07, 6.45) is 1.38. The van der Waals surface area contributed by atoms with Crippen molar-refractivity contribution >= 4 is 0 Å². The first kappa shape index (κ1) is 15.7. The molecule has 0 saturated carbocycles. The molecule has 0 saturated heterocycles. The molecular formula is C9H21NO6. The predicted octanol–water partition coefficient (Wildman–Crippen LogP) is -2.40. The van der Waals surface area contributed by atoms with Gasteiger partial charge < -0.3 is 30.6 Å². The van der Waals surface area contributed by atoms with Crippen LogP contribution in [0.15, 0.2) is 0 Å². The first-order chi connectivity index (χ1) is 7.45. The Kier molecular flexibility index (Phi) is 7.77. The maximum absolute atomic E-state index is 8.84. The molecule has 0 spiro atoms. The standard InChI is InChI=1S/C9H21NO6/c11-5-8(9(14,15)16)3-1-2-4-10(6-12)7-13/h8,11-16H,1-7H2. The molecule has 0 aromatic heterocycles. The van der Waals surface area contributed by atoms with Crippen LogP contribution in [0.3, 0.4) is 0 Å². The lowest BCUT2D eigenvalue weighted by Crippen LogP contribution is -2.39. The van der Waals surface area contributed by atoms with Crippen LogP contribution in [0.4, 0.5) is 0 Å². The molecule has 0 bridgehead atoms. The van der Waals surface area contributed by atoms with Crippen LogP contribution < -0.4 is 0 Å². The predicted molar refractivity (Wildman–Crippen MR) is 54.7 cm³/mol. The molecule has 98 valence electrons. The second-order valence-electron chi connectivity index (χ2n) is 3.74. The molecule has 0 heterocycles. The van der Waals surface area contributed by atoms with Crippen molar-refractivity contribution in [3.63, 3.8) is 0 Å². The van der Waals surface area contributed by atoms with Gasteiger partial charge in [-0.2, -0.15) is 0 Å². The van der Waals surface area contributed by atoms with E-state index in [-0.39, 0.29) is 19.9 Å². The number of aliphatic hydroxyl groups excluding tert-OH is 3. The summed E-state index contributed by atoms with van der Waals surface area (Å²) in [7, 11) is 0. The summed E-state index contributed by atoms with van der Waals surface area (Å²) in [5.74, 6) is -3.87. The van der Waals surface area contributed by atoms with Gasteiger partial charge in [0.25, 0.3) is 5.97 Å². The summed E-state index contributed by atoms with van der Waals surface area (Å²) in [4.78, 5) is 1.39. The number of unbranched alkanes of at least 4 members (excludes halogenated alkanes) is 1. The lowest BCUT2D eigenvalue weighted by molar-refractivity contribution is -0.346. The van der Waals surface area contributed by atoms with Gasteiger partial charge in [0.2, 0.25) is 0 Å². The van der Waals surface area contributed by atoms with Crippen molar-refractivity contribution in [2.75, 3.05) is 26.6 Å². The summed E-state index contributed by atoms with van der Waals surface area (Å²) in [5.41, 5.74) is 0. The van der Waals surface area contributed by atoms with Crippen LogP contribution in [0.5, 0.6) is 0 Å². The topological polar surface area (TPSA) is 125 Å². The molecule has 0 aromatic rings. The third kappa shape index (κ3) is 6.33. The fourth-order valence-electron chi connectivity index (χ4n) is 1.32. The van der Waals surface area contributed by atoms with Crippen molar-refractivity contribution in [1.29, 1.82) is 0 Å². The number of nitrogens with zero attached hydrogens (tertiary/aromatic N) is 1. The van der Waals surface area contributed by atoms with E-state index in [4.69, 9.17) is 30.6 Å². The van der Waals surface area contributed by atoms with Crippen LogP contribution in [0.2, 0.25) is 0 Å². The molecule has 0 fully saturated rings. The van der Waals surface area contributed by atoms with E-state index in [2.05, 4.69) is 0 Å². The van der Waals surface area contributed by atoms with Gasteiger partial charge in [0, 0.05) is 6.54 Å². The van der Waals surface area contributed by atoms with E-state index in [0.717, 1.165) is 0 Å². The zero-order valence-electron chi connectivity index (χ0n) is 9.16. The Morgan fingerprint density at radius 1 is 0.938 bits per heavy atom. The smallest absolute Gasteiger partial charge is 0.280 e. The minimum absolute atomic E-state index is 0.241. The minimum atomic E-state index is -2.86. The van der Waals surface area contributed by atoms with Gasteiger partial charge in [0.1, 0.15) is 0 Å². The van der Waals surface area contributed by atoms with E-state index < -0.39 is 18.5 Å². The lowest BCUT2D eigenvalue weighted by Gasteiger charge is -2.24. The SMILES string of the molecule is OCC(CCCCN(CO)CO)C(O)(O)O. The monoisotopic (exact) mass is 239 g/mol. The fourth-order valence-corrected chi connectivity index (χ4v) is 1.32. The second-order valence-corrected chi connectivity index (χ2v) is 3.74. The largest absolute Gasteiger partial charge is 0.396 e. The molecule has 0 amide bonds. The Balaban J connectivity index is 3.71. The normalized spacial score (nSPS) is 14.4. The number of hydrogen-bond acceptors (Lipinski definition) is 7. The molecule has 0 rings (SSSR count). The van der Waals surface area contributed by atoms with E-state index in [1.54, 1.807) is 0 Å². The van der Waals surface area contributed by atoms with Gasteiger partial charge in [0.05, 0.1) is 26.0 Å². The van der Waals surface area contributed by atoms with E-state index in [9.17, 15) is 0 Å². The number of aliphatic hydroxyl groups is 6. The highest BCUT2D eigenvalue weighted by atomic mass is 16.7.